The van der Waals surface area contributed by atoms with Crippen LogP contribution in [-0.4, -0.2) is 48.4 Å². The Morgan fingerprint density at radius 1 is 1.14 bits per heavy atom. The van der Waals surface area contributed by atoms with Crippen LogP contribution in [0.2, 0.25) is 0 Å². The van der Waals surface area contributed by atoms with Crippen LogP contribution in [0.5, 0.6) is 0 Å². The second-order valence-electron chi connectivity index (χ2n) is 7.72. The van der Waals surface area contributed by atoms with Gasteiger partial charge < -0.3 is 15.5 Å². The molecule has 0 saturated carbocycles. The summed E-state index contributed by atoms with van der Waals surface area (Å²) in [5.41, 5.74) is 2.27. The highest BCUT2D eigenvalue weighted by molar-refractivity contribution is 6.01. The van der Waals surface area contributed by atoms with Gasteiger partial charge in [0.15, 0.2) is 0 Å². The summed E-state index contributed by atoms with van der Waals surface area (Å²) in [6.07, 6.45) is 6.23. The van der Waals surface area contributed by atoms with Crippen LogP contribution in [0.15, 0.2) is 42.6 Å². The topological polar surface area (TPSA) is 77.6 Å². The van der Waals surface area contributed by atoms with Crippen LogP contribution in [0, 0.1) is 0 Å². The Hall–Kier alpha value is -2.93. The van der Waals surface area contributed by atoms with Gasteiger partial charge in [0.2, 0.25) is 5.91 Å². The molecule has 2 aliphatic heterocycles. The van der Waals surface area contributed by atoms with Gasteiger partial charge in [0.25, 0.3) is 5.91 Å². The van der Waals surface area contributed by atoms with Crippen molar-refractivity contribution in [1.29, 1.82) is 0 Å². The zero-order chi connectivity index (χ0) is 20.2. The number of anilines is 2. The molecule has 2 aromatic rings. The fraction of sp³-hybridized carbons (Fsp3) is 0.409. The van der Waals surface area contributed by atoms with Crippen LogP contribution in [0.3, 0.4) is 0 Å². The van der Waals surface area contributed by atoms with Crippen molar-refractivity contribution in [1.82, 2.24) is 15.2 Å². The molecule has 1 atom stereocenters. The Morgan fingerprint density at radius 2 is 1.86 bits per heavy atom. The van der Waals surface area contributed by atoms with Gasteiger partial charge >= 0.3 is 0 Å². The lowest BCUT2D eigenvalue weighted by Gasteiger charge is -2.35. The van der Waals surface area contributed by atoms with Crippen LogP contribution < -0.4 is 15.5 Å². The van der Waals surface area contributed by atoms with E-state index in [2.05, 4.69) is 20.5 Å². The van der Waals surface area contributed by atoms with E-state index in [0.717, 1.165) is 24.3 Å². The number of benzene rings is 1. The summed E-state index contributed by atoms with van der Waals surface area (Å²) in [7, 11) is 1.91. The molecule has 2 amide bonds. The number of nitrogens with zero attached hydrogens (tertiary/aromatic N) is 3. The number of likely N-dealkylation sites (tertiary alicyclic amines) is 1. The van der Waals surface area contributed by atoms with Gasteiger partial charge in [-0.15, -0.1) is 0 Å². The number of hydrogen-bond acceptors (Lipinski definition) is 5. The molecule has 0 radical (unpaired) electrons. The van der Waals surface area contributed by atoms with Gasteiger partial charge in [0.05, 0.1) is 12.1 Å². The molecule has 1 aromatic heterocycles. The lowest BCUT2D eigenvalue weighted by Crippen LogP contribution is -2.45. The zero-order valence-electron chi connectivity index (χ0n) is 16.7. The fourth-order valence-electron chi connectivity index (χ4n) is 4.03. The van der Waals surface area contributed by atoms with Crippen LogP contribution in [0.1, 0.15) is 47.8 Å². The molecule has 4 rings (SSSR count). The molecule has 2 aliphatic rings. The number of nitrogens with one attached hydrogen (secondary N) is 2. The predicted octanol–water partition coefficient (Wildman–Crippen LogP) is 2.77. The first-order chi connectivity index (χ1) is 14.1. The molecule has 0 spiro atoms. The third-order valence-electron chi connectivity index (χ3n) is 5.60. The first-order valence-electron chi connectivity index (χ1n) is 10.2. The van der Waals surface area contributed by atoms with Crippen LogP contribution >= 0.6 is 0 Å². The van der Waals surface area contributed by atoms with Crippen molar-refractivity contribution in [3.8, 4) is 0 Å². The molecule has 1 fully saturated rings. The summed E-state index contributed by atoms with van der Waals surface area (Å²) in [5, 5.41) is 5.99. The van der Waals surface area contributed by atoms with Crippen molar-refractivity contribution in [2.45, 2.75) is 31.8 Å². The van der Waals surface area contributed by atoms with E-state index in [1.54, 1.807) is 18.3 Å². The average molecular weight is 393 g/mol. The Bertz CT molecular complexity index is 875. The predicted molar refractivity (Wildman–Crippen MR) is 113 cm³/mol. The minimum atomic E-state index is -0.299. The molecule has 0 aliphatic carbocycles. The number of rotatable bonds is 4. The summed E-state index contributed by atoms with van der Waals surface area (Å²) in [5.74, 6) is 0.544. The molecule has 1 saturated heterocycles. The maximum atomic E-state index is 12.4. The summed E-state index contributed by atoms with van der Waals surface area (Å²) >= 11 is 0. The van der Waals surface area contributed by atoms with Crippen molar-refractivity contribution in [2.24, 2.45) is 0 Å². The highest BCUT2D eigenvalue weighted by Gasteiger charge is 2.30. The second-order valence-corrected chi connectivity index (χ2v) is 7.72. The number of carbonyl (C=O) groups is 2. The maximum absolute atomic E-state index is 12.4. The number of fused-ring (bicyclic) bond motifs is 1. The molecular formula is C22H27N5O2. The van der Waals surface area contributed by atoms with E-state index in [-0.39, 0.29) is 18.0 Å². The largest absolute Gasteiger partial charge is 0.335 e. The van der Waals surface area contributed by atoms with Gasteiger partial charge in [-0.05, 0) is 55.8 Å². The molecular weight excluding hydrogens is 366 g/mol. The first kappa shape index (κ1) is 19.4. The van der Waals surface area contributed by atoms with Crippen molar-refractivity contribution in [2.75, 3.05) is 36.9 Å². The van der Waals surface area contributed by atoms with Crippen molar-refractivity contribution in [3.05, 3.63) is 53.7 Å². The van der Waals surface area contributed by atoms with E-state index in [0.29, 0.717) is 17.9 Å². The third-order valence-corrected chi connectivity index (χ3v) is 5.60. The average Bonchev–Trinajstić information content (AvgIpc) is 3.00. The van der Waals surface area contributed by atoms with E-state index < -0.39 is 0 Å². The molecule has 7 nitrogen and oxygen atoms in total. The highest BCUT2D eigenvalue weighted by Crippen LogP contribution is 2.30. The lowest BCUT2D eigenvalue weighted by molar-refractivity contribution is -0.117. The van der Waals surface area contributed by atoms with E-state index in [9.17, 15) is 9.59 Å². The monoisotopic (exact) mass is 393 g/mol. The smallest absolute Gasteiger partial charge is 0.256 e. The summed E-state index contributed by atoms with van der Waals surface area (Å²) in [6, 6.07) is 11.1. The van der Waals surface area contributed by atoms with Gasteiger partial charge in [0, 0.05) is 18.9 Å². The minimum absolute atomic E-state index is 0.0147. The summed E-state index contributed by atoms with van der Waals surface area (Å²) < 4.78 is 0. The molecule has 1 aromatic carbocycles. The van der Waals surface area contributed by atoms with E-state index in [4.69, 9.17) is 0 Å². The third kappa shape index (κ3) is 4.40. The Balaban J connectivity index is 1.40. The van der Waals surface area contributed by atoms with Crippen LogP contribution in [0.25, 0.3) is 0 Å². The van der Waals surface area contributed by atoms with E-state index >= 15 is 0 Å². The first-order valence-corrected chi connectivity index (χ1v) is 10.2. The standard InChI is InChI=1S/C22H27N5O2/c1-26-20(25-22(29)18-7-6-12-23-21(18)26)16-8-10-17(11-9-16)24-19(28)15-27-13-4-2-3-5-14-27/h6-12,20H,2-5,13-15H2,1H3,(H,24,28)(H,25,29)/t20-/m0/s1. The van der Waals surface area contributed by atoms with Gasteiger partial charge in [-0.25, -0.2) is 4.98 Å². The van der Waals surface area contributed by atoms with Crippen LogP contribution in [-0.2, 0) is 4.79 Å². The number of carbonyl (C=O) groups excluding carboxylic acids is 2. The number of aromatic nitrogens is 1. The summed E-state index contributed by atoms with van der Waals surface area (Å²) in [4.78, 5) is 33.3. The number of amides is 2. The normalized spacial score (nSPS) is 19.8. The summed E-state index contributed by atoms with van der Waals surface area (Å²) in [6.45, 7) is 2.43. The van der Waals surface area contributed by atoms with Gasteiger partial charge in [-0.1, -0.05) is 25.0 Å². The number of pyridine rings is 1. The number of hydrogen-bond donors (Lipinski definition) is 2. The minimum Gasteiger partial charge on any atom is -0.335 e. The highest BCUT2D eigenvalue weighted by atomic mass is 16.2. The SMILES string of the molecule is CN1c2ncccc2C(=O)N[C@@H]1c1ccc(NC(=O)CN2CCCCCC2)cc1. The molecule has 2 N–H and O–H groups in total. The van der Waals surface area contributed by atoms with Crippen molar-refractivity contribution in [3.63, 3.8) is 0 Å². The van der Waals surface area contributed by atoms with Gasteiger partial charge in [-0.2, -0.15) is 0 Å². The maximum Gasteiger partial charge on any atom is 0.256 e. The van der Waals surface area contributed by atoms with Gasteiger partial charge in [-0.3, -0.25) is 14.5 Å². The molecule has 0 bridgehead atoms. The molecule has 7 heteroatoms. The second kappa shape index (κ2) is 8.61. The van der Waals surface area contributed by atoms with Crippen molar-refractivity contribution < 1.29 is 9.59 Å². The van der Waals surface area contributed by atoms with E-state index in [1.165, 1.54) is 25.7 Å². The quantitative estimate of drug-likeness (QED) is 0.835. The molecule has 29 heavy (non-hydrogen) atoms. The van der Waals surface area contributed by atoms with Crippen LogP contribution in [0.4, 0.5) is 11.5 Å². The van der Waals surface area contributed by atoms with E-state index in [1.807, 2.05) is 36.2 Å². The Labute approximate surface area is 171 Å². The Kier molecular flexibility index (Phi) is 5.76. The zero-order valence-corrected chi connectivity index (χ0v) is 16.7. The van der Waals surface area contributed by atoms with Crippen molar-refractivity contribution >= 4 is 23.3 Å². The fourth-order valence-corrected chi connectivity index (χ4v) is 4.03. The molecule has 3 heterocycles. The van der Waals surface area contributed by atoms with Gasteiger partial charge in [0.1, 0.15) is 12.0 Å². The Morgan fingerprint density at radius 3 is 2.59 bits per heavy atom. The molecule has 152 valence electrons. The lowest BCUT2D eigenvalue weighted by atomic mass is 10.1. The molecule has 0 unspecified atom stereocenters.